The molecule has 0 saturated heterocycles. The Morgan fingerprint density at radius 1 is 1.46 bits per heavy atom. The number of aromatic nitrogens is 2. The quantitative estimate of drug-likeness (QED) is 0.564. The van der Waals surface area contributed by atoms with Gasteiger partial charge in [-0.2, -0.15) is 0 Å². The first-order valence-electron chi connectivity index (χ1n) is 8.09. The van der Waals surface area contributed by atoms with Crippen molar-refractivity contribution in [2.45, 2.75) is 33.9 Å². The zero-order valence-corrected chi connectivity index (χ0v) is 14.4. The fourth-order valence-electron chi connectivity index (χ4n) is 2.56. The van der Waals surface area contributed by atoms with Crippen LogP contribution in [-0.2, 0) is 13.1 Å². The van der Waals surface area contributed by atoms with Gasteiger partial charge in [-0.05, 0) is 32.4 Å². The fourth-order valence-corrected chi connectivity index (χ4v) is 2.56. The van der Waals surface area contributed by atoms with Gasteiger partial charge in [0.25, 0.3) is 5.69 Å². The van der Waals surface area contributed by atoms with Crippen molar-refractivity contribution in [2.75, 3.05) is 13.2 Å². The Balaban J connectivity index is 1.93. The Labute approximate surface area is 141 Å². The summed E-state index contributed by atoms with van der Waals surface area (Å²) >= 11 is 0. The average molecular weight is 332 g/mol. The summed E-state index contributed by atoms with van der Waals surface area (Å²) < 4.78 is 7.67. The number of nitro groups is 1. The third kappa shape index (κ3) is 4.79. The van der Waals surface area contributed by atoms with Crippen LogP contribution in [-0.4, -0.2) is 27.6 Å². The Morgan fingerprint density at radius 3 is 2.88 bits per heavy atom. The van der Waals surface area contributed by atoms with E-state index in [2.05, 4.69) is 21.8 Å². The van der Waals surface area contributed by atoms with E-state index in [1.54, 1.807) is 18.3 Å². The summed E-state index contributed by atoms with van der Waals surface area (Å²) in [4.78, 5) is 14.8. The maximum atomic E-state index is 10.9. The second kappa shape index (κ2) is 8.44. The van der Waals surface area contributed by atoms with Gasteiger partial charge < -0.3 is 14.6 Å². The Hall–Kier alpha value is -2.41. The van der Waals surface area contributed by atoms with Gasteiger partial charge in [0.15, 0.2) is 0 Å². The predicted molar refractivity (Wildman–Crippen MR) is 92.1 cm³/mol. The van der Waals surface area contributed by atoms with E-state index >= 15 is 0 Å². The van der Waals surface area contributed by atoms with Crippen molar-refractivity contribution in [3.05, 3.63) is 52.1 Å². The highest BCUT2D eigenvalue weighted by Gasteiger charge is 2.12. The highest BCUT2D eigenvalue weighted by atomic mass is 16.6. The van der Waals surface area contributed by atoms with Crippen molar-refractivity contribution in [3.8, 4) is 5.75 Å². The fraction of sp³-hybridized carbons (Fsp3) is 0.471. The number of nitrogens with one attached hydrogen (secondary N) is 1. The SMILES string of the molecule is CCOc1ccc([N+](=O)[O-])cc1CNCC(C)Cn1ccnc1C. The molecule has 2 aromatic rings. The second-order valence-electron chi connectivity index (χ2n) is 5.85. The summed E-state index contributed by atoms with van der Waals surface area (Å²) in [5.74, 6) is 2.10. The van der Waals surface area contributed by atoms with E-state index in [1.165, 1.54) is 6.07 Å². The van der Waals surface area contributed by atoms with Gasteiger partial charge in [0.05, 0.1) is 11.5 Å². The van der Waals surface area contributed by atoms with Crippen LogP contribution < -0.4 is 10.1 Å². The molecule has 0 radical (unpaired) electrons. The van der Waals surface area contributed by atoms with Crippen LogP contribution in [0.15, 0.2) is 30.6 Å². The topological polar surface area (TPSA) is 82.2 Å². The molecule has 0 fully saturated rings. The van der Waals surface area contributed by atoms with Crippen molar-refractivity contribution in [1.29, 1.82) is 0 Å². The van der Waals surface area contributed by atoms with E-state index in [0.717, 1.165) is 24.5 Å². The van der Waals surface area contributed by atoms with Crippen LogP contribution in [0.25, 0.3) is 0 Å². The lowest BCUT2D eigenvalue weighted by Crippen LogP contribution is -2.24. The summed E-state index contributed by atoms with van der Waals surface area (Å²) in [6.45, 7) is 8.78. The van der Waals surface area contributed by atoms with Gasteiger partial charge in [-0.3, -0.25) is 10.1 Å². The molecule has 1 aromatic heterocycles. The Kier molecular flexibility index (Phi) is 6.31. The highest BCUT2D eigenvalue weighted by Crippen LogP contribution is 2.24. The maximum absolute atomic E-state index is 10.9. The molecule has 1 N–H and O–H groups in total. The number of nitro benzene ring substituents is 1. The Bertz CT molecular complexity index is 684. The summed E-state index contributed by atoms with van der Waals surface area (Å²) in [6, 6.07) is 4.71. The predicted octanol–water partition coefficient (Wildman–Crippen LogP) is 2.92. The largest absolute Gasteiger partial charge is 0.494 e. The first-order valence-corrected chi connectivity index (χ1v) is 8.09. The minimum atomic E-state index is -0.385. The Morgan fingerprint density at radius 2 is 2.25 bits per heavy atom. The summed E-state index contributed by atoms with van der Waals surface area (Å²) in [6.07, 6.45) is 3.77. The number of non-ortho nitro benzene ring substituents is 1. The molecule has 7 heteroatoms. The van der Waals surface area contributed by atoms with Gasteiger partial charge in [0.1, 0.15) is 11.6 Å². The van der Waals surface area contributed by atoms with Gasteiger partial charge in [-0.1, -0.05) is 6.92 Å². The third-order valence-electron chi connectivity index (χ3n) is 3.79. The van der Waals surface area contributed by atoms with Crippen LogP contribution in [0.5, 0.6) is 5.75 Å². The molecule has 0 aliphatic rings. The number of ether oxygens (including phenoxy) is 1. The van der Waals surface area contributed by atoms with Crippen LogP contribution in [0.2, 0.25) is 0 Å². The first kappa shape index (κ1) is 17.9. The zero-order chi connectivity index (χ0) is 17.5. The average Bonchev–Trinajstić information content (AvgIpc) is 2.94. The maximum Gasteiger partial charge on any atom is 0.270 e. The molecular formula is C17H24N4O3. The molecule has 0 aliphatic carbocycles. The van der Waals surface area contributed by atoms with Crippen molar-refractivity contribution < 1.29 is 9.66 Å². The van der Waals surface area contributed by atoms with Gasteiger partial charge in [0.2, 0.25) is 0 Å². The zero-order valence-electron chi connectivity index (χ0n) is 14.4. The lowest BCUT2D eigenvalue weighted by Gasteiger charge is -2.15. The van der Waals surface area contributed by atoms with E-state index in [9.17, 15) is 10.1 Å². The molecule has 7 nitrogen and oxygen atoms in total. The first-order chi connectivity index (χ1) is 11.5. The van der Waals surface area contributed by atoms with E-state index in [4.69, 9.17) is 4.74 Å². The molecule has 130 valence electrons. The summed E-state index contributed by atoms with van der Waals surface area (Å²) in [5.41, 5.74) is 0.884. The van der Waals surface area contributed by atoms with Crippen LogP contribution in [0.3, 0.4) is 0 Å². The minimum absolute atomic E-state index is 0.0809. The third-order valence-corrected chi connectivity index (χ3v) is 3.79. The minimum Gasteiger partial charge on any atom is -0.494 e. The van der Waals surface area contributed by atoms with Crippen LogP contribution >= 0.6 is 0 Å². The number of hydrogen-bond donors (Lipinski definition) is 1. The molecule has 1 atom stereocenters. The van der Waals surface area contributed by atoms with Gasteiger partial charge in [-0.15, -0.1) is 0 Å². The van der Waals surface area contributed by atoms with E-state index in [1.807, 2.05) is 20.0 Å². The molecule has 2 rings (SSSR count). The molecular weight excluding hydrogens is 308 g/mol. The number of hydrogen-bond acceptors (Lipinski definition) is 5. The number of imidazole rings is 1. The van der Waals surface area contributed by atoms with Crippen LogP contribution in [0.1, 0.15) is 25.2 Å². The molecule has 1 heterocycles. The number of aryl methyl sites for hydroxylation is 1. The molecule has 0 amide bonds. The normalized spacial score (nSPS) is 12.1. The molecule has 0 bridgehead atoms. The van der Waals surface area contributed by atoms with Crippen molar-refractivity contribution in [1.82, 2.24) is 14.9 Å². The number of rotatable bonds is 9. The summed E-state index contributed by atoms with van der Waals surface area (Å²) in [7, 11) is 0. The number of nitrogens with zero attached hydrogens (tertiary/aromatic N) is 3. The van der Waals surface area contributed by atoms with Crippen molar-refractivity contribution >= 4 is 5.69 Å². The molecule has 0 spiro atoms. The van der Waals surface area contributed by atoms with E-state index < -0.39 is 0 Å². The van der Waals surface area contributed by atoms with E-state index in [0.29, 0.717) is 24.8 Å². The van der Waals surface area contributed by atoms with Gasteiger partial charge >= 0.3 is 0 Å². The monoisotopic (exact) mass is 332 g/mol. The molecule has 1 unspecified atom stereocenters. The standard InChI is InChI=1S/C17H24N4O3/c1-4-24-17-6-5-16(21(22)23)9-15(17)11-18-10-13(2)12-20-8-7-19-14(20)3/h5-9,13,18H,4,10-12H2,1-3H3. The molecule has 0 saturated carbocycles. The van der Waals surface area contributed by atoms with E-state index in [-0.39, 0.29) is 10.6 Å². The van der Waals surface area contributed by atoms with Crippen LogP contribution in [0, 0.1) is 23.0 Å². The lowest BCUT2D eigenvalue weighted by molar-refractivity contribution is -0.384. The second-order valence-corrected chi connectivity index (χ2v) is 5.85. The smallest absolute Gasteiger partial charge is 0.270 e. The summed E-state index contributed by atoms with van der Waals surface area (Å²) in [5, 5.41) is 14.3. The molecule has 1 aromatic carbocycles. The lowest BCUT2D eigenvalue weighted by atomic mass is 10.1. The number of benzene rings is 1. The molecule has 24 heavy (non-hydrogen) atoms. The van der Waals surface area contributed by atoms with Crippen molar-refractivity contribution in [2.24, 2.45) is 5.92 Å². The van der Waals surface area contributed by atoms with Crippen molar-refractivity contribution in [3.63, 3.8) is 0 Å². The van der Waals surface area contributed by atoms with Crippen LogP contribution in [0.4, 0.5) is 5.69 Å². The highest BCUT2D eigenvalue weighted by molar-refractivity contribution is 5.43. The van der Waals surface area contributed by atoms with Gasteiger partial charge in [-0.25, -0.2) is 4.98 Å². The van der Waals surface area contributed by atoms with Gasteiger partial charge in [0, 0.05) is 43.2 Å². The molecule has 0 aliphatic heterocycles.